The molecule has 0 aliphatic carbocycles. The summed E-state index contributed by atoms with van der Waals surface area (Å²) in [5.74, 6) is -3.30. The van der Waals surface area contributed by atoms with Gasteiger partial charge in [-0.2, -0.15) is 5.26 Å². The van der Waals surface area contributed by atoms with Gasteiger partial charge in [-0.3, -0.25) is 4.57 Å². The Morgan fingerprint density at radius 1 is 1.27 bits per heavy atom. The van der Waals surface area contributed by atoms with Crippen LogP contribution in [0.5, 0.6) is 0 Å². The Morgan fingerprint density at radius 2 is 1.98 bits per heavy atom. The minimum atomic E-state index is -3.24. The first-order valence-electron chi connectivity index (χ1n) is 13.1. The van der Waals surface area contributed by atoms with E-state index >= 15 is 0 Å². The number of alkyl halides is 2. The van der Waals surface area contributed by atoms with E-state index in [0.717, 1.165) is 0 Å². The standard InChI is InChI=1S/C25H32ClF2N4O6PS/c1-5-34-39(33,35-6-2)14-40-12-17-19-20(38-24(3,4)37-19)23(36-17)32-9-7-15-18(31-10-8-25(27,28)13-31)16(11-29)21(26)30-22(15)32/h7,9,17,19-20,23H,5-6,8,10,12-14H2,1-4H3/t17-,19-,20-,23-/m1/s1. The van der Waals surface area contributed by atoms with Gasteiger partial charge in [-0.15, -0.1) is 11.8 Å². The van der Waals surface area contributed by atoms with Crippen LogP contribution in [0.4, 0.5) is 14.5 Å². The van der Waals surface area contributed by atoms with Crippen molar-refractivity contribution in [1.29, 1.82) is 5.26 Å². The number of pyridine rings is 1. The molecule has 15 heteroatoms. The van der Waals surface area contributed by atoms with Crippen LogP contribution in [0.1, 0.15) is 45.9 Å². The van der Waals surface area contributed by atoms with Crippen LogP contribution < -0.4 is 4.90 Å². The number of anilines is 1. The summed E-state index contributed by atoms with van der Waals surface area (Å²) < 4.78 is 72.6. The molecule has 5 heterocycles. The maximum Gasteiger partial charge on any atom is 0.340 e. The summed E-state index contributed by atoms with van der Waals surface area (Å²) in [7, 11) is -3.24. The zero-order valence-electron chi connectivity index (χ0n) is 22.6. The summed E-state index contributed by atoms with van der Waals surface area (Å²) in [6.07, 6.45) is -0.635. The first-order valence-corrected chi connectivity index (χ1v) is 16.4. The van der Waals surface area contributed by atoms with Crippen molar-refractivity contribution in [2.24, 2.45) is 0 Å². The average Bonchev–Trinajstić information content (AvgIpc) is 3.60. The highest BCUT2D eigenvalue weighted by Gasteiger charge is 2.56. The SMILES string of the molecule is CCOP(=O)(CSC[C@H]1O[C@@H](n2ccc3c(N4CCC(F)(F)C4)c(C#N)c(Cl)nc32)[C@@H]2OC(C)(C)O[C@@H]21)OCC. The molecule has 0 saturated carbocycles. The van der Waals surface area contributed by atoms with Crippen LogP contribution >= 0.6 is 31.0 Å². The Morgan fingerprint density at radius 3 is 2.60 bits per heavy atom. The lowest BCUT2D eigenvalue weighted by molar-refractivity contribution is -0.193. The average molecular weight is 621 g/mol. The zero-order chi connectivity index (χ0) is 28.9. The van der Waals surface area contributed by atoms with Gasteiger partial charge in [0.15, 0.2) is 17.2 Å². The van der Waals surface area contributed by atoms with Crippen molar-refractivity contribution in [3.8, 4) is 6.07 Å². The molecule has 3 aliphatic heterocycles. The lowest BCUT2D eigenvalue weighted by Crippen LogP contribution is -2.31. The molecule has 0 unspecified atom stereocenters. The molecule has 4 atom stereocenters. The number of nitriles is 1. The summed E-state index contributed by atoms with van der Waals surface area (Å²) in [5.41, 5.74) is 0.933. The molecule has 10 nitrogen and oxygen atoms in total. The third-order valence-electron chi connectivity index (χ3n) is 6.97. The molecule has 2 aromatic heterocycles. The van der Waals surface area contributed by atoms with E-state index in [1.807, 2.05) is 19.9 Å². The second kappa shape index (κ2) is 11.3. The van der Waals surface area contributed by atoms with Crippen LogP contribution in [-0.2, 0) is 27.8 Å². The van der Waals surface area contributed by atoms with Crippen LogP contribution in [0.3, 0.4) is 0 Å². The van der Waals surface area contributed by atoms with Crippen molar-refractivity contribution in [3.63, 3.8) is 0 Å². The first kappa shape index (κ1) is 30.0. The van der Waals surface area contributed by atoms with Gasteiger partial charge in [0.25, 0.3) is 5.92 Å². The molecule has 5 rings (SSSR count). The molecule has 0 bridgehead atoms. The van der Waals surface area contributed by atoms with Gasteiger partial charge in [0.2, 0.25) is 0 Å². The molecular weight excluding hydrogens is 589 g/mol. The largest absolute Gasteiger partial charge is 0.364 e. The topological polar surface area (TPSA) is 108 Å². The van der Waals surface area contributed by atoms with Gasteiger partial charge in [-0.05, 0) is 33.8 Å². The summed E-state index contributed by atoms with van der Waals surface area (Å²) in [6.45, 7) is 7.29. The molecule has 0 spiro atoms. The first-order chi connectivity index (χ1) is 18.9. The Balaban J connectivity index is 1.45. The monoisotopic (exact) mass is 620 g/mol. The van der Waals surface area contributed by atoms with Crippen molar-refractivity contribution in [3.05, 3.63) is 23.0 Å². The highest BCUT2D eigenvalue weighted by molar-refractivity contribution is 8.04. The fraction of sp³-hybridized carbons (Fsp3) is 0.680. The second-order valence-electron chi connectivity index (χ2n) is 10.3. The van der Waals surface area contributed by atoms with Gasteiger partial charge >= 0.3 is 7.60 Å². The van der Waals surface area contributed by atoms with Crippen molar-refractivity contribution in [2.75, 3.05) is 42.4 Å². The van der Waals surface area contributed by atoms with Gasteiger partial charge in [0.05, 0.1) is 37.0 Å². The lowest BCUT2D eigenvalue weighted by atomic mass is 10.1. The summed E-state index contributed by atoms with van der Waals surface area (Å²) in [4.78, 5) is 5.96. The number of ether oxygens (including phenoxy) is 3. The van der Waals surface area contributed by atoms with Crippen molar-refractivity contribution >= 4 is 47.7 Å². The predicted octanol–water partition coefficient (Wildman–Crippen LogP) is 5.78. The molecule has 40 heavy (non-hydrogen) atoms. The maximum atomic E-state index is 14.1. The lowest BCUT2D eigenvalue weighted by Gasteiger charge is -2.25. The Kier molecular flexibility index (Phi) is 8.47. The predicted molar refractivity (Wildman–Crippen MR) is 147 cm³/mol. The van der Waals surface area contributed by atoms with Crippen molar-refractivity contribution < 1.29 is 36.6 Å². The quantitative estimate of drug-likeness (QED) is 0.239. The molecule has 3 fully saturated rings. The Hall–Kier alpha value is -1.49. The van der Waals surface area contributed by atoms with E-state index in [4.69, 9.17) is 34.9 Å². The number of thioether (sulfide) groups is 1. The van der Waals surface area contributed by atoms with Gasteiger partial charge in [0.1, 0.15) is 29.5 Å². The molecule has 220 valence electrons. The van der Waals surface area contributed by atoms with Crippen LogP contribution in [0.15, 0.2) is 12.3 Å². The fourth-order valence-corrected chi connectivity index (χ4v) is 8.97. The number of hydrogen-bond acceptors (Lipinski definition) is 10. The summed E-state index contributed by atoms with van der Waals surface area (Å²) in [6, 6.07) is 3.76. The van der Waals surface area contributed by atoms with Crippen LogP contribution in [0, 0.1) is 11.3 Å². The molecular formula is C25H32ClF2N4O6PS. The number of nitrogens with zero attached hydrogens (tertiary/aromatic N) is 4. The van der Waals surface area contributed by atoms with Crippen LogP contribution in [-0.4, -0.2) is 77.1 Å². The van der Waals surface area contributed by atoms with Crippen molar-refractivity contribution in [2.45, 2.75) is 70.4 Å². The van der Waals surface area contributed by atoms with E-state index in [9.17, 15) is 18.6 Å². The van der Waals surface area contributed by atoms with Gasteiger partial charge in [-0.25, -0.2) is 13.8 Å². The van der Waals surface area contributed by atoms with Crippen LogP contribution in [0.25, 0.3) is 11.0 Å². The highest BCUT2D eigenvalue weighted by atomic mass is 35.5. The van der Waals surface area contributed by atoms with E-state index in [1.54, 1.807) is 30.7 Å². The number of hydrogen-bond donors (Lipinski definition) is 0. The molecule has 0 N–H and O–H groups in total. The number of aromatic nitrogens is 2. The van der Waals surface area contributed by atoms with Gasteiger partial charge in [0, 0.05) is 30.3 Å². The molecule has 0 amide bonds. The minimum Gasteiger partial charge on any atom is -0.364 e. The van der Waals surface area contributed by atoms with E-state index in [2.05, 4.69) is 4.98 Å². The smallest absolute Gasteiger partial charge is 0.340 e. The second-order valence-corrected chi connectivity index (χ2v) is 14.2. The maximum absolute atomic E-state index is 14.1. The molecule has 0 aromatic carbocycles. The van der Waals surface area contributed by atoms with E-state index in [-0.39, 0.29) is 42.4 Å². The van der Waals surface area contributed by atoms with Gasteiger partial charge in [-0.1, -0.05) is 11.6 Å². The Bertz CT molecular complexity index is 1350. The zero-order valence-corrected chi connectivity index (χ0v) is 25.1. The van der Waals surface area contributed by atoms with E-state index in [0.29, 0.717) is 22.5 Å². The fourth-order valence-electron chi connectivity index (χ4n) is 5.49. The third-order valence-corrected chi connectivity index (χ3v) is 11.1. The Labute approximate surface area is 240 Å². The third kappa shape index (κ3) is 5.75. The highest BCUT2D eigenvalue weighted by Crippen LogP contribution is 2.52. The molecule has 3 aliphatic rings. The molecule has 3 saturated heterocycles. The molecule has 2 aromatic rings. The normalized spacial score (nSPS) is 27.4. The summed E-state index contributed by atoms with van der Waals surface area (Å²) >= 11 is 7.81. The van der Waals surface area contributed by atoms with E-state index < -0.39 is 50.4 Å². The number of fused-ring (bicyclic) bond motifs is 2. The molecule has 0 radical (unpaired) electrons. The minimum absolute atomic E-state index is 0.0544. The summed E-state index contributed by atoms with van der Waals surface area (Å²) in [5, 5.41) is 10.2. The number of halogens is 3. The number of rotatable bonds is 10. The van der Waals surface area contributed by atoms with Gasteiger partial charge < -0.3 is 32.7 Å². The van der Waals surface area contributed by atoms with Crippen molar-refractivity contribution in [1.82, 2.24) is 9.55 Å². The van der Waals surface area contributed by atoms with Crippen LogP contribution in [0.2, 0.25) is 5.15 Å². The van der Waals surface area contributed by atoms with E-state index in [1.165, 1.54) is 16.7 Å².